The summed E-state index contributed by atoms with van der Waals surface area (Å²) in [4.78, 5) is 19.3. The maximum atomic E-state index is 12.7. The molecule has 0 unspecified atom stereocenters. The molecule has 5 nitrogen and oxygen atoms in total. The number of rotatable bonds is 6. The minimum Gasteiger partial charge on any atom is -0.384 e. The lowest BCUT2D eigenvalue weighted by atomic mass is 10.2. The zero-order valence-electron chi connectivity index (χ0n) is 12.6. The summed E-state index contributed by atoms with van der Waals surface area (Å²) in [5, 5.41) is 9.39. The van der Waals surface area contributed by atoms with Crippen molar-refractivity contribution in [3.8, 4) is 6.07 Å². The molecule has 0 saturated carbocycles. The molecule has 2 aromatic rings. The number of aromatic nitrogens is 2. The molecular formula is C15H19N3O2S. The maximum Gasteiger partial charge on any atom is 0.262 e. The van der Waals surface area contributed by atoms with Gasteiger partial charge in [0.2, 0.25) is 0 Å². The minimum absolute atomic E-state index is 0.00546. The second kappa shape index (κ2) is 6.83. The monoisotopic (exact) mass is 305 g/mol. The average molecular weight is 305 g/mol. The first kappa shape index (κ1) is 15.7. The van der Waals surface area contributed by atoms with Crippen molar-refractivity contribution >= 4 is 21.6 Å². The van der Waals surface area contributed by atoms with Crippen LogP contribution in [0.5, 0.6) is 0 Å². The standard InChI is InChI=1S/C15H19N3O2S/c1-10-11(2)21-14-13(10)15(19)18(8-5-4-7-16)12(17-14)6-9-20-3/h4-6,8-9H2,1-3H3. The van der Waals surface area contributed by atoms with E-state index in [2.05, 4.69) is 11.1 Å². The third kappa shape index (κ3) is 3.14. The molecule has 2 aromatic heterocycles. The van der Waals surface area contributed by atoms with Crippen molar-refractivity contribution in [2.24, 2.45) is 0 Å². The first-order chi connectivity index (χ1) is 10.1. The normalized spacial score (nSPS) is 11.0. The van der Waals surface area contributed by atoms with Crippen LogP contribution in [0.25, 0.3) is 10.2 Å². The van der Waals surface area contributed by atoms with Gasteiger partial charge in [0.05, 0.1) is 18.1 Å². The SMILES string of the molecule is COCCc1nc2sc(C)c(C)c2c(=O)n1CCCC#N. The molecule has 2 heterocycles. The highest BCUT2D eigenvalue weighted by molar-refractivity contribution is 7.18. The molecule has 0 amide bonds. The third-order valence-electron chi connectivity index (χ3n) is 3.57. The van der Waals surface area contributed by atoms with Gasteiger partial charge in [-0.2, -0.15) is 5.26 Å². The molecule has 0 aliphatic rings. The second-order valence-electron chi connectivity index (χ2n) is 4.95. The Morgan fingerprint density at radius 1 is 1.43 bits per heavy atom. The predicted octanol–water partition coefficient (Wildman–Crippen LogP) is 2.57. The number of methoxy groups -OCH3 is 1. The van der Waals surface area contributed by atoms with Crippen LogP contribution in [0.4, 0.5) is 0 Å². The molecule has 0 aliphatic heterocycles. The van der Waals surface area contributed by atoms with E-state index in [0.717, 1.165) is 26.5 Å². The lowest BCUT2D eigenvalue weighted by molar-refractivity contribution is 0.199. The van der Waals surface area contributed by atoms with Crippen LogP contribution in [0.1, 0.15) is 29.1 Å². The highest BCUT2D eigenvalue weighted by atomic mass is 32.1. The van der Waals surface area contributed by atoms with Crippen molar-refractivity contribution < 1.29 is 4.74 Å². The van der Waals surface area contributed by atoms with E-state index >= 15 is 0 Å². The number of unbranched alkanes of at least 4 members (excludes halogenated alkanes) is 1. The molecule has 0 N–H and O–H groups in total. The lowest BCUT2D eigenvalue weighted by Gasteiger charge is -2.11. The summed E-state index contributed by atoms with van der Waals surface area (Å²) in [7, 11) is 1.64. The quantitative estimate of drug-likeness (QED) is 0.769. The van der Waals surface area contributed by atoms with E-state index < -0.39 is 0 Å². The van der Waals surface area contributed by atoms with Gasteiger partial charge in [-0.15, -0.1) is 11.3 Å². The van der Waals surface area contributed by atoms with Gasteiger partial charge >= 0.3 is 0 Å². The van der Waals surface area contributed by atoms with Crippen molar-refractivity contribution in [2.45, 2.75) is 39.7 Å². The number of hydrogen-bond donors (Lipinski definition) is 0. The van der Waals surface area contributed by atoms with Crippen LogP contribution >= 0.6 is 11.3 Å². The largest absolute Gasteiger partial charge is 0.384 e. The van der Waals surface area contributed by atoms with Crippen LogP contribution in [0, 0.1) is 25.2 Å². The summed E-state index contributed by atoms with van der Waals surface area (Å²) in [6, 6.07) is 2.11. The van der Waals surface area contributed by atoms with E-state index in [-0.39, 0.29) is 5.56 Å². The summed E-state index contributed by atoms with van der Waals surface area (Å²) in [6.45, 7) is 5.03. The van der Waals surface area contributed by atoms with Gasteiger partial charge in [-0.25, -0.2) is 4.98 Å². The Kier molecular flexibility index (Phi) is 5.10. The minimum atomic E-state index is 0.00546. The summed E-state index contributed by atoms with van der Waals surface area (Å²) < 4.78 is 6.81. The van der Waals surface area contributed by atoms with Crippen molar-refractivity contribution in [1.29, 1.82) is 5.26 Å². The van der Waals surface area contributed by atoms with Gasteiger partial charge in [0.15, 0.2) is 0 Å². The van der Waals surface area contributed by atoms with E-state index in [4.69, 9.17) is 10.00 Å². The van der Waals surface area contributed by atoms with Crippen molar-refractivity contribution in [1.82, 2.24) is 9.55 Å². The van der Waals surface area contributed by atoms with E-state index in [9.17, 15) is 4.79 Å². The Morgan fingerprint density at radius 2 is 2.19 bits per heavy atom. The molecule has 0 saturated heterocycles. The Hall–Kier alpha value is -1.71. The molecule has 2 rings (SSSR count). The summed E-state index contributed by atoms with van der Waals surface area (Å²) in [6.07, 6.45) is 1.70. The van der Waals surface area contributed by atoms with Crippen LogP contribution in [-0.4, -0.2) is 23.3 Å². The van der Waals surface area contributed by atoms with Crippen molar-refractivity contribution in [3.63, 3.8) is 0 Å². The number of fused-ring (bicyclic) bond motifs is 1. The molecular weight excluding hydrogens is 286 g/mol. The van der Waals surface area contributed by atoms with Crippen LogP contribution in [0.3, 0.4) is 0 Å². The molecule has 0 bridgehead atoms. The number of ether oxygens (including phenoxy) is 1. The third-order valence-corrected chi connectivity index (χ3v) is 4.67. The maximum absolute atomic E-state index is 12.7. The van der Waals surface area contributed by atoms with Crippen LogP contribution in [0.2, 0.25) is 0 Å². The van der Waals surface area contributed by atoms with Gasteiger partial charge in [0.1, 0.15) is 10.7 Å². The molecule has 0 fully saturated rings. The molecule has 0 atom stereocenters. The first-order valence-corrected chi connectivity index (χ1v) is 7.77. The van der Waals surface area contributed by atoms with Crippen molar-refractivity contribution in [3.05, 3.63) is 26.6 Å². The molecule has 112 valence electrons. The highest BCUT2D eigenvalue weighted by Crippen LogP contribution is 2.26. The summed E-state index contributed by atoms with van der Waals surface area (Å²) in [5.74, 6) is 0.744. The van der Waals surface area contributed by atoms with Crippen LogP contribution < -0.4 is 5.56 Å². The molecule has 0 spiro atoms. The highest BCUT2D eigenvalue weighted by Gasteiger charge is 2.16. The number of aryl methyl sites for hydroxylation is 2. The van der Waals surface area contributed by atoms with Gasteiger partial charge in [-0.05, 0) is 25.8 Å². The molecule has 6 heteroatoms. The lowest BCUT2D eigenvalue weighted by Crippen LogP contribution is -2.26. The fraction of sp³-hybridized carbons (Fsp3) is 0.533. The Bertz CT molecular complexity index is 740. The number of nitriles is 1. The second-order valence-corrected chi connectivity index (χ2v) is 6.16. The van der Waals surface area contributed by atoms with E-state index in [0.29, 0.717) is 32.4 Å². The van der Waals surface area contributed by atoms with E-state index in [1.807, 2.05) is 13.8 Å². The predicted molar refractivity (Wildman–Crippen MR) is 83.8 cm³/mol. The summed E-state index contributed by atoms with van der Waals surface area (Å²) >= 11 is 1.56. The van der Waals surface area contributed by atoms with Gasteiger partial charge in [-0.1, -0.05) is 0 Å². The number of hydrogen-bond acceptors (Lipinski definition) is 5. The van der Waals surface area contributed by atoms with Crippen LogP contribution in [0.15, 0.2) is 4.79 Å². The van der Waals surface area contributed by atoms with Gasteiger partial charge in [0.25, 0.3) is 5.56 Å². The van der Waals surface area contributed by atoms with E-state index in [1.54, 1.807) is 23.0 Å². The molecule has 0 radical (unpaired) electrons. The van der Waals surface area contributed by atoms with E-state index in [1.165, 1.54) is 0 Å². The summed E-state index contributed by atoms with van der Waals surface area (Å²) in [5.41, 5.74) is 1.02. The smallest absolute Gasteiger partial charge is 0.262 e. The molecule has 0 aromatic carbocycles. The average Bonchev–Trinajstić information content (AvgIpc) is 2.74. The number of nitrogens with zero attached hydrogens (tertiary/aromatic N) is 3. The van der Waals surface area contributed by atoms with Gasteiger partial charge < -0.3 is 4.74 Å². The fourth-order valence-corrected chi connectivity index (χ4v) is 3.34. The molecule has 0 aliphatic carbocycles. The topological polar surface area (TPSA) is 67.9 Å². The van der Waals surface area contributed by atoms with Crippen molar-refractivity contribution in [2.75, 3.05) is 13.7 Å². The Morgan fingerprint density at radius 3 is 2.86 bits per heavy atom. The first-order valence-electron chi connectivity index (χ1n) is 6.95. The number of thiophene rings is 1. The zero-order valence-corrected chi connectivity index (χ0v) is 13.4. The zero-order chi connectivity index (χ0) is 15.4. The Balaban J connectivity index is 2.54. The fourth-order valence-electron chi connectivity index (χ4n) is 2.30. The van der Waals surface area contributed by atoms with Gasteiger partial charge in [-0.3, -0.25) is 9.36 Å². The van der Waals surface area contributed by atoms with Gasteiger partial charge in [0, 0.05) is 31.4 Å². The van der Waals surface area contributed by atoms with Crippen LogP contribution in [-0.2, 0) is 17.7 Å². The molecule has 21 heavy (non-hydrogen) atoms. The Labute approximate surface area is 127 Å².